The maximum absolute atomic E-state index is 9.93. The van der Waals surface area contributed by atoms with E-state index in [0.717, 1.165) is 0 Å². The molecule has 0 bridgehead atoms. The monoisotopic (exact) mass is 313 g/mol. The number of nitrogens with two attached hydrogens (primary N) is 1. The summed E-state index contributed by atoms with van der Waals surface area (Å²) in [5.41, 5.74) is 6.27. The number of aliphatic hydroxyl groups excluding tert-OH is 1. The van der Waals surface area contributed by atoms with Gasteiger partial charge in [0.2, 0.25) is 0 Å². The second kappa shape index (κ2) is 7.41. The van der Waals surface area contributed by atoms with E-state index in [-0.39, 0.29) is 23.2 Å². The van der Waals surface area contributed by atoms with Crippen LogP contribution in [0.4, 0.5) is 0 Å². The molecule has 0 saturated heterocycles. The van der Waals surface area contributed by atoms with Gasteiger partial charge < -0.3 is 15.9 Å². The van der Waals surface area contributed by atoms with E-state index in [0.29, 0.717) is 22.9 Å². The average Bonchev–Trinajstić information content (AvgIpc) is 2.21. The molecule has 0 aliphatic rings. The number of rotatable bonds is 4. The number of hydrogen-bond donors (Lipinski definition) is 3. The SMILES string of the molecule is CC(C)C[C@@H](O)[C@@H](N)c1cc(Cl)cc(Cl)c1O.Cl. The maximum Gasteiger partial charge on any atom is 0.139 e. The predicted molar refractivity (Wildman–Crippen MR) is 77.8 cm³/mol. The molecule has 0 unspecified atom stereocenters. The molecule has 4 N–H and O–H groups in total. The molecule has 0 heterocycles. The lowest BCUT2D eigenvalue weighted by Crippen LogP contribution is -2.27. The smallest absolute Gasteiger partial charge is 0.139 e. The van der Waals surface area contributed by atoms with Gasteiger partial charge in [0.05, 0.1) is 17.2 Å². The first-order chi connectivity index (χ1) is 7.82. The van der Waals surface area contributed by atoms with Crippen LogP contribution in [0.1, 0.15) is 31.9 Å². The highest BCUT2D eigenvalue weighted by atomic mass is 35.5. The van der Waals surface area contributed by atoms with Crippen molar-refractivity contribution in [3.8, 4) is 5.75 Å². The second-order valence-electron chi connectivity index (χ2n) is 4.55. The van der Waals surface area contributed by atoms with Gasteiger partial charge in [-0.1, -0.05) is 37.0 Å². The van der Waals surface area contributed by atoms with Crippen molar-refractivity contribution in [2.45, 2.75) is 32.4 Å². The standard InChI is InChI=1S/C12H17Cl2NO2.ClH/c1-6(2)3-10(16)11(15)8-4-7(13)5-9(14)12(8)17;/h4-6,10-11,16-17H,3,15H2,1-2H3;1H/t10-,11+;/m1./s1. The van der Waals surface area contributed by atoms with E-state index in [4.69, 9.17) is 28.9 Å². The van der Waals surface area contributed by atoms with E-state index < -0.39 is 12.1 Å². The van der Waals surface area contributed by atoms with Crippen molar-refractivity contribution < 1.29 is 10.2 Å². The van der Waals surface area contributed by atoms with Crippen LogP contribution in [-0.4, -0.2) is 16.3 Å². The molecule has 0 aliphatic heterocycles. The lowest BCUT2D eigenvalue weighted by molar-refractivity contribution is 0.120. The molecule has 3 nitrogen and oxygen atoms in total. The van der Waals surface area contributed by atoms with Crippen LogP contribution in [0.2, 0.25) is 10.0 Å². The van der Waals surface area contributed by atoms with Crippen molar-refractivity contribution in [3.05, 3.63) is 27.7 Å². The molecular formula is C12H18Cl3NO2. The Morgan fingerprint density at radius 1 is 1.28 bits per heavy atom. The predicted octanol–water partition coefficient (Wildman–Crippen LogP) is 3.53. The summed E-state index contributed by atoms with van der Waals surface area (Å²) in [5, 5.41) is 20.2. The van der Waals surface area contributed by atoms with Gasteiger partial charge in [0.25, 0.3) is 0 Å². The molecule has 0 radical (unpaired) electrons. The van der Waals surface area contributed by atoms with Crippen LogP contribution >= 0.6 is 35.6 Å². The molecule has 18 heavy (non-hydrogen) atoms. The second-order valence-corrected chi connectivity index (χ2v) is 5.39. The fourth-order valence-corrected chi connectivity index (χ4v) is 2.19. The van der Waals surface area contributed by atoms with Gasteiger partial charge in [-0.2, -0.15) is 0 Å². The molecule has 104 valence electrons. The highest BCUT2D eigenvalue weighted by molar-refractivity contribution is 6.35. The van der Waals surface area contributed by atoms with Crippen LogP contribution in [0, 0.1) is 5.92 Å². The number of benzene rings is 1. The van der Waals surface area contributed by atoms with Gasteiger partial charge in [-0.05, 0) is 24.5 Å². The fraction of sp³-hybridized carbons (Fsp3) is 0.500. The third-order valence-corrected chi connectivity index (χ3v) is 3.05. The maximum atomic E-state index is 9.93. The fourth-order valence-electron chi connectivity index (χ4n) is 1.68. The molecule has 2 atom stereocenters. The normalized spacial score (nSPS) is 14.2. The van der Waals surface area contributed by atoms with E-state index in [1.165, 1.54) is 12.1 Å². The summed E-state index contributed by atoms with van der Waals surface area (Å²) in [6.45, 7) is 3.97. The first-order valence-corrected chi connectivity index (χ1v) is 6.20. The molecular weight excluding hydrogens is 296 g/mol. The zero-order valence-corrected chi connectivity index (χ0v) is 12.6. The summed E-state index contributed by atoms with van der Waals surface area (Å²) in [5.74, 6) is 0.194. The van der Waals surface area contributed by atoms with Gasteiger partial charge in [0, 0.05) is 10.6 Å². The number of aliphatic hydroxyl groups is 1. The van der Waals surface area contributed by atoms with Crippen LogP contribution < -0.4 is 5.73 Å². The summed E-state index contributed by atoms with van der Waals surface area (Å²) in [6.07, 6.45) is -0.194. The zero-order chi connectivity index (χ0) is 13.2. The minimum absolute atomic E-state index is 0. The molecule has 0 saturated carbocycles. The van der Waals surface area contributed by atoms with Crippen LogP contribution in [0.3, 0.4) is 0 Å². The molecule has 0 aliphatic carbocycles. The highest BCUT2D eigenvalue weighted by Gasteiger charge is 2.22. The van der Waals surface area contributed by atoms with Crippen molar-refractivity contribution in [3.63, 3.8) is 0 Å². The molecule has 6 heteroatoms. The zero-order valence-electron chi connectivity index (χ0n) is 10.2. The van der Waals surface area contributed by atoms with E-state index in [1.807, 2.05) is 13.8 Å². The molecule has 0 aromatic heterocycles. The van der Waals surface area contributed by atoms with Gasteiger partial charge >= 0.3 is 0 Å². The van der Waals surface area contributed by atoms with Crippen LogP contribution in [-0.2, 0) is 0 Å². The lowest BCUT2D eigenvalue weighted by Gasteiger charge is -2.22. The molecule has 1 aromatic rings. The first-order valence-electron chi connectivity index (χ1n) is 5.44. The summed E-state index contributed by atoms with van der Waals surface area (Å²) in [7, 11) is 0. The summed E-state index contributed by atoms with van der Waals surface area (Å²) >= 11 is 11.6. The van der Waals surface area contributed by atoms with E-state index in [9.17, 15) is 10.2 Å². The van der Waals surface area contributed by atoms with Crippen LogP contribution in [0.25, 0.3) is 0 Å². The molecule has 0 fully saturated rings. The summed E-state index contributed by atoms with van der Waals surface area (Å²) < 4.78 is 0. The quantitative estimate of drug-likeness (QED) is 0.796. The topological polar surface area (TPSA) is 66.5 Å². The van der Waals surface area contributed by atoms with Gasteiger partial charge in [0.1, 0.15) is 5.75 Å². The number of halogens is 3. The minimum Gasteiger partial charge on any atom is -0.506 e. The Morgan fingerprint density at radius 2 is 1.83 bits per heavy atom. The molecule has 1 rings (SSSR count). The van der Waals surface area contributed by atoms with Crippen molar-refractivity contribution in [1.29, 1.82) is 0 Å². The van der Waals surface area contributed by atoms with Crippen molar-refractivity contribution in [2.24, 2.45) is 11.7 Å². The third kappa shape index (κ3) is 4.48. The average molecular weight is 315 g/mol. The number of aromatic hydroxyl groups is 1. The van der Waals surface area contributed by atoms with E-state index in [2.05, 4.69) is 0 Å². The third-order valence-electron chi connectivity index (χ3n) is 2.54. The Labute approximate surface area is 123 Å². The van der Waals surface area contributed by atoms with Crippen molar-refractivity contribution >= 4 is 35.6 Å². The van der Waals surface area contributed by atoms with Gasteiger partial charge in [-0.25, -0.2) is 0 Å². The van der Waals surface area contributed by atoms with Gasteiger partial charge in [0.15, 0.2) is 0 Å². The van der Waals surface area contributed by atoms with E-state index >= 15 is 0 Å². The minimum atomic E-state index is -0.740. The van der Waals surface area contributed by atoms with Gasteiger partial charge in [-0.15, -0.1) is 12.4 Å². The number of phenolic OH excluding ortho intramolecular Hbond substituents is 1. The summed E-state index contributed by atoms with van der Waals surface area (Å²) in [4.78, 5) is 0. The van der Waals surface area contributed by atoms with Crippen LogP contribution in [0.15, 0.2) is 12.1 Å². The van der Waals surface area contributed by atoms with Crippen molar-refractivity contribution in [1.82, 2.24) is 0 Å². The number of phenols is 1. The Kier molecular flexibility index (Phi) is 7.33. The molecule has 0 spiro atoms. The van der Waals surface area contributed by atoms with Crippen molar-refractivity contribution in [2.75, 3.05) is 0 Å². The largest absolute Gasteiger partial charge is 0.506 e. The first kappa shape index (κ1) is 17.8. The summed E-state index contributed by atoms with van der Waals surface area (Å²) in [6, 6.07) is 2.26. The van der Waals surface area contributed by atoms with Gasteiger partial charge in [-0.3, -0.25) is 0 Å². The Hall–Kier alpha value is -0.190. The Balaban J connectivity index is 0.00000289. The lowest BCUT2D eigenvalue weighted by atomic mass is 9.95. The Morgan fingerprint density at radius 3 is 2.33 bits per heavy atom. The molecule has 0 amide bonds. The van der Waals surface area contributed by atoms with E-state index in [1.54, 1.807) is 0 Å². The highest BCUT2D eigenvalue weighted by Crippen LogP contribution is 2.35. The van der Waals surface area contributed by atoms with Crippen LogP contribution in [0.5, 0.6) is 5.75 Å². The number of hydrogen-bond acceptors (Lipinski definition) is 3. The molecule has 1 aromatic carbocycles. The Bertz CT molecular complexity index is 399.